The van der Waals surface area contributed by atoms with Crippen LogP contribution < -0.4 is 10.6 Å². The van der Waals surface area contributed by atoms with Crippen molar-refractivity contribution in [3.8, 4) is 0 Å². The predicted octanol–water partition coefficient (Wildman–Crippen LogP) is 2.64. The van der Waals surface area contributed by atoms with Crippen LogP contribution in [0.1, 0.15) is 56.1 Å². The highest BCUT2D eigenvalue weighted by molar-refractivity contribution is 5.74. The normalized spacial score (nSPS) is 14.7. The van der Waals surface area contributed by atoms with Gasteiger partial charge in [-0.15, -0.1) is 0 Å². The van der Waals surface area contributed by atoms with E-state index in [1.54, 1.807) is 6.92 Å². The zero-order chi connectivity index (χ0) is 17.5. The maximum atomic E-state index is 12.1. The van der Waals surface area contributed by atoms with Crippen molar-refractivity contribution in [2.45, 2.75) is 51.8 Å². The minimum atomic E-state index is -0.622. The number of aromatic nitrogens is 2. The Morgan fingerprint density at radius 2 is 2.00 bits per heavy atom. The molecule has 0 radical (unpaired) electrons. The Morgan fingerprint density at radius 3 is 2.58 bits per heavy atom. The largest absolute Gasteiger partial charge is 0.388 e. The molecule has 130 valence electrons. The molecule has 1 heterocycles. The van der Waals surface area contributed by atoms with Gasteiger partial charge in [0.1, 0.15) is 0 Å². The second-order valence-electron chi connectivity index (χ2n) is 5.81. The molecule has 2 amide bonds. The molecule has 0 saturated heterocycles. The van der Waals surface area contributed by atoms with Crippen LogP contribution in [0.2, 0.25) is 0 Å². The maximum absolute atomic E-state index is 12.1. The third kappa shape index (κ3) is 5.06. The molecule has 2 aromatic rings. The van der Waals surface area contributed by atoms with Gasteiger partial charge in [-0.25, -0.2) is 4.79 Å². The minimum absolute atomic E-state index is 0.190. The average Bonchev–Trinajstić information content (AvgIpc) is 2.99. The van der Waals surface area contributed by atoms with Crippen molar-refractivity contribution in [3.63, 3.8) is 0 Å². The van der Waals surface area contributed by atoms with Crippen LogP contribution in [0.15, 0.2) is 34.9 Å². The summed E-state index contributed by atoms with van der Waals surface area (Å²) in [5.41, 5.74) is 0.834. The fraction of sp³-hybridized carbons (Fsp3) is 0.471. The van der Waals surface area contributed by atoms with Crippen LogP contribution in [0, 0.1) is 6.92 Å². The SMILES string of the molecule is CC[C@H](NC(=O)N[C@H](C)C[C@@H](O)c1ccccc1)c1noc(C)n1. The van der Waals surface area contributed by atoms with Crippen molar-refractivity contribution in [3.05, 3.63) is 47.6 Å². The number of rotatable bonds is 7. The lowest BCUT2D eigenvalue weighted by Gasteiger charge is -2.20. The molecule has 7 heteroatoms. The Hall–Kier alpha value is -2.41. The van der Waals surface area contributed by atoms with Gasteiger partial charge < -0.3 is 20.3 Å². The molecule has 3 N–H and O–H groups in total. The highest BCUT2D eigenvalue weighted by atomic mass is 16.5. The standard InChI is InChI=1S/C17H24N4O3/c1-4-14(16-19-12(3)24-21-16)20-17(23)18-11(2)10-15(22)13-8-6-5-7-9-13/h5-9,11,14-15,22H,4,10H2,1-3H3,(H2,18,20,23)/t11-,14+,15-/m1/s1. The summed E-state index contributed by atoms with van der Waals surface area (Å²) >= 11 is 0. The number of aliphatic hydroxyl groups excluding tert-OH is 1. The quantitative estimate of drug-likeness (QED) is 0.724. The molecule has 0 aliphatic carbocycles. The van der Waals surface area contributed by atoms with E-state index in [2.05, 4.69) is 20.8 Å². The zero-order valence-corrected chi connectivity index (χ0v) is 14.2. The van der Waals surface area contributed by atoms with Gasteiger partial charge in [0.15, 0.2) is 5.82 Å². The highest BCUT2D eigenvalue weighted by Crippen LogP contribution is 2.18. The van der Waals surface area contributed by atoms with Crippen LogP contribution in [0.25, 0.3) is 0 Å². The minimum Gasteiger partial charge on any atom is -0.388 e. The molecule has 2 rings (SSSR count). The van der Waals surface area contributed by atoms with Gasteiger partial charge in [0.2, 0.25) is 5.89 Å². The molecule has 0 aliphatic heterocycles. The van der Waals surface area contributed by atoms with E-state index in [0.29, 0.717) is 24.6 Å². The molecule has 0 aliphatic rings. The number of aryl methyl sites for hydroxylation is 1. The first-order chi connectivity index (χ1) is 11.5. The summed E-state index contributed by atoms with van der Waals surface area (Å²) in [6, 6.07) is 8.56. The molecule has 0 bridgehead atoms. The monoisotopic (exact) mass is 332 g/mol. The molecule has 3 atom stereocenters. The first-order valence-corrected chi connectivity index (χ1v) is 8.09. The third-order valence-electron chi connectivity index (χ3n) is 3.71. The van der Waals surface area contributed by atoms with Gasteiger partial charge in [0, 0.05) is 13.0 Å². The van der Waals surface area contributed by atoms with Crippen molar-refractivity contribution in [2.24, 2.45) is 0 Å². The van der Waals surface area contributed by atoms with E-state index < -0.39 is 6.10 Å². The van der Waals surface area contributed by atoms with Crippen molar-refractivity contribution in [2.75, 3.05) is 0 Å². The Labute approximate surface area is 141 Å². The lowest BCUT2D eigenvalue weighted by molar-refractivity contribution is 0.154. The summed E-state index contributed by atoms with van der Waals surface area (Å²) in [6.07, 6.45) is 0.450. The number of amides is 2. The topological polar surface area (TPSA) is 100 Å². The second kappa shape index (κ2) is 8.44. The Bertz CT molecular complexity index is 644. The van der Waals surface area contributed by atoms with Crippen LogP contribution in [0.3, 0.4) is 0 Å². The lowest BCUT2D eigenvalue weighted by atomic mass is 10.0. The maximum Gasteiger partial charge on any atom is 0.315 e. The number of hydrogen-bond acceptors (Lipinski definition) is 5. The Kier molecular flexibility index (Phi) is 6.31. The summed E-state index contributed by atoms with van der Waals surface area (Å²) in [5, 5.41) is 19.7. The van der Waals surface area contributed by atoms with Crippen LogP contribution >= 0.6 is 0 Å². The fourth-order valence-corrected chi connectivity index (χ4v) is 2.43. The van der Waals surface area contributed by atoms with E-state index in [4.69, 9.17) is 4.52 Å². The molecule has 1 aromatic heterocycles. The van der Waals surface area contributed by atoms with E-state index in [0.717, 1.165) is 5.56 Å². The van der Waals surface area contributed by atoms with Gasteiger partial charge >= 0.3 is 6.03 Å². The molecular formula is C17H24N4O3. The summed E-state index contributed by atoms with van der Waals surface area (Å²) < 4.78 is 4.95. The Balaban J connectivity index is 1.84. The van der Waals surface area contributed by atoms with Gasteiger partial charge in [-0.3, -0.25) is 0 Å². The number of hydrogen-bond donors (Lipinski definition) is 3. The molecule has 7 nitrogen and oxygen atoms in total. The van der Waals surface area contributed by atoms with Crippen molar-refractivity contribution in [1.29, 1.82) is 0 Å². The predicted molar refractivity (Wildman–Crippen MR) is 89.2 cm³/mol. The molecule has 1 aromatic carbocycles. The fourth-order valence-electron chi connectivity index (χ4n) is 2.43. The second-order valence-corrected chi connectivity index (χ2v) is 5.81. The van der Waals surface area contributed by atoms with Crippen LogP contribution in [0.5, 0.6) is 0 Å². The number of carbonyl (C=O) groups is 1. The number of aliphatic hydroxyl groups is 1. The van der Waals surface area contributed by atoms with E-state index in [9.17, 15) is 9.90 Å². The number of urea groups is 1. The first-order valence-electron chi connectivity index (χ1n) is 8.09. The molecule has 0 fully saturated rings. The van der Waals surface area contributed by atoms with Gasteiger partial charge in [-0.05, 0) is 25.3 Å². The summed E-state index contributed by atoms with van der Waals surface area (Å²) in [7, 11) is 0. The number of benzene rings is 1. The van der Waals surface area contributed by atoms with Crippen LogP contribution in [-0.4, -0.2) is 27.3 Å². The highest BCUT2D eigenvalue weighted by Gasteiger charge is 2.20. The van der Waals surface area contributed by atoms with Crippen LogP contribution in [0.4, 0.5) is 4.79 Å². The number of nitrogens with zero attached hydrogens (tertiary/aromatic N) is 2. The van der Waals surface area contributed by atoms with Crippen LogP contribution in [-0.2, 0) is 0 Å². The summed E-state index contributed by atoms with van der Waals surface area (Å²) in [5.74, 6) is 0.923. The molecule has 0 spiro atoms. The molecular weight excluding hydrogens is 308 g/mol. The number of nitrogens with one attached hydrogen (secondary N) is 2. The van der Waals surface area contributed by atoms with E-state index in [-0.39, 0.29) is 18.1 Å². The lowest BCUT2D eigenvalue weighted by Crippen LogP contribution is -2.43. The van der Waals surface area contributed by atoms with Crippen molar-refractivity contribution in [1.82, 2.24) is 20.8 Å². The molecule has 0 unspecified atom stereocenters. The Morgan fingerprint density at radius 1 is 1.29 bits per heavy atom. The van der Waals surface area contributed by atoms with E-state index in [1.165, 1.54) is 0 Å². The van der Waals surface area contributed by atoms with Crippen molar-refractivity contribution < 1.29 is 14.4 Å². The van der Waals surface area contributed by atoms with E-state index >= 15 is 0 Å². The van der Waals surface area contributed by atoms with Gasteiger partial charge in [0.25, 0.3) is 0 Å². The summed E-state index contributed by atoms with van der Waals surface area (Å²) in [4.78, 5) is 16.3. The molecule has 24 heavy (non-hydrogen) atoms. The smallest absolute Gasteiger partial charge is 0.315 e. The van der Waals surface area contributed by atoms with Gasteiger partial charge in [-0.2, -0.15) is 4.98 Å². The summed E-state index contributed by atoms with van der Waals surface area (Å²) in [6.45, 7) is 5.49. The first kappa shape index (κ1) is 17.9. The van der Waals surface area contributed by atoms with E-state index in [1.807, 2.05) is 44.2 Å². The zero-order valence-electron chi connectivity index (χ0n) is 14.2. The third-order valence-corrected chi connectivity index (χ3v) is 3.71. The van der Waals surface area contributed by atoms with Gasteiger partial charge in [0.05, 0.1) is 12.1 Å². The molecule has 0 saturated carbocycles. The van der Waals surface area contributed by atoms with Gasteiger partial charge in [-0.1, -0.05) is 42.4 Å². The average molecular weight is 332 g/mol. The number of carbonyl (C=O) groups excluding carboxylic acids is 1. The van der Waals surface area contributed by atoms with Crippen molar-refractivity contribution >= 4 is 6.03 Å².